The van der Waals surface area contributed by atoms with Crippen molar-refractivity contribution < 1.29 is 9.59 Å². The molecule has 156 valence electrons. The van der Waals surface area contributed by atoms with Crippen LogP contribution in [0.2, 0.25) is 0 Å². The van der Waals surface area contributed by atoms with Crippen LogP contribution < -0.4 is 10.6 Å². The summed E-state index contributed by atoms with van der Waals surface area (Å²) >= 11 is 8.97. The second-order valence-corrected chi connectivity index (χ2v) is 8.50. The van der Waals surface area contributed by atoms with Gasteiger partial charge in [-0.2, -0.15) is 0 Å². The maximum atomic E-state index is 13.7. The van der Waals surface area contributed by atoms with Crippen LogP contribution in [0.25, 0.3) is 0 Å². The highest BCUT2D eigenvalue weighted by molar-refractivity contribution is 7.80. The van der Waals surface area contributed by atoms with Crippen molar-refractivity contribution in [3.63, 3.8) is 0 Å². The second kappa shape index (κ2) is 8.22. The first-order valence-corrected chi connectivity index (χ1v) is 10.9. The predicted molar refractivity (Wildman–Crippen MR) is 134 cm³/mol. The first kappa shape index (κ1) is 20.4. The number of rotatable bonds is 4. The van der Waals surface area contributed by atoms with Crippen molar-refractivity contribution >= 4 is 59.6 Å². The Labute approximate surface area is 196 Å². The number of hydrogen-bond donors (Lipinski definition) is 4. The van der Waals surface area contributed by atoms with Gasteiger partial charge in [0.15, 0.2) is 11.6 Å². The van der Waals surface area contributed by atoms with E-state index in [2.05, 4.69) is 35.9 Å². The quantitative estimate of drug-likeness (QED) is 0.233. The molecule has 2 N–H and O–H groups in total. The van der Waals surface area contributed by atoms with Crippen LogP contribution in [-0.2, 0) is 0 Å². The van der Waals surface area contributed by atoms with Crippen molar-refractivity contribution in [1.82, 2.24) is 0 Å². The summed E-state index contributed by atoms with van der Waals surface area (Å²) in [5.74, 6) is -0.457. The molecule has 0 atom stereocenters. The van der Waals surface area contributed by atoms with E-state index in [-0.39, 0.29) is 11.6 Å². The Morgan fingerprint density at radius 2 is 0.906 bits per heavy atom. The number of ketones is 2. The molecule has 1 aliphatic carbocycles. The van der Waals surface area contributed by atoms with Crippen molar-refractivity contribution in [2.24, 2.45) is 0 Å². The van der Waals surface area contributed by atoms with E-state index < -0.39 is 0 Å². The highest BCUT2D eigenvalue weighted by Gasteiger charge is 2.34. The van der Waals surface area contributed by atoms with Gasteiger partial charge in [0.25, 0.3) is 0 Å². The molecule has 0 saturated heterocycles. The molecule has 0 fully saturated rings. The number of thiol groups is 2. The van der Waals surface area contributed by atoms with E-state index in [0.717, 1.165) is 11.4 Å². The number of hydrogen-bond acceptors (Lipinski definition) is 6. The molecule has 4 aromatic carbocycles. The van der Waals surface area contributed by atoms with Gasteiger partial charge in [-0.15, -0.1) is 25.3 Å². The minimum atomic E-state index is -0.228. The molecule has 0 heterocycles. The van der Waals surface area contributed by atoms with E-state index in [1.165, 1.54) is 0 Å². The van der Waals surface area contributed by atoms with Gasteiger partial charge < -0.3 is 10.6 Å². The van der Waals surface area contributed by atoms with Crippen LogP contribution in [-0.4, -0.2) is 11.6 Å². The van der Waals surface area contributed by atoms with Gasteiger partial charge in [0.2, 0.25) is 0 Å². The lowest BCUT2D eigenvalue weighted by Crippen LogP contribution is -2.23. The summed E-state index contributed by atoms with van der Waals surface area (Å²) in [7, 11) is 0. The Balaban J connectivity index is 1.66. The molecule has 4 nitrogen and oxygen atoms in total. The fourth-order valence-corrected chi connectivity index (χ4v) is 4.44. The number of nitrogens with one attached hydrogen (secondary N) is 2. The van der Waals surface area contributed by atoms with Crippen molar-refractivity contribution in [3.05, 3.63) is 107 Å². The zero-order valence-corrected chi connectivity index (χ0v) is 18.6. The zero-order valence-electron chi connectivity index (χ0n) is 16.8. The van der Waals surface area contributed by atoms with Gasteiger partial charge in [0.05, 0.1) is 22.5 Å². The number of para-hydroxylation sites is 2. The van der Waals surface area contributed by atoms with E-state index in [0.29, 0.717) is 43.4 Å². The highest BCUT2D eigenvalue weighted by atomic mass is 32.1. The van der Waals surface area contributed by atoms with E-state index in [1.807, 2.05) is 60.7 Å². The minimum Gasteiger partial charge on any atom is -0.355 e. The summed E-state index contributed by atoms with van der Waals surface area (Å²) in [4.78, 5) is 28.5. The summed E-state index contributed by atoms with van der Waals surface area (Å²) in [6, 6.07) is 25.8. The summed E-state index contributed by atoms with van der Waals surface area (Å²) < 4.78 is 0. The minimum absolute atomic E-state index is 0.228. The summed E-state index contributed by atoms with van der Waals surface area (Å²) in [5, 5.41) is 6.53. The van der Waals surface area contributed by atoms with E-state index in [1.54, 1.807) is 24.3 Å². The molecule has 6 heteroatoms. The number of fused-ring (bicyclic) bond motifs is 2. The molecule has 0 aliphatic heterocycles. The number of anilines is 4. The maximum absolute atomic E-state index is 13.7. The number of carbonyl (C=O) groups is 2. The van der Waals surface area contributed by atoms with Crippen LogP contribution in [0.5, 0.6) is 0 Å². The molecule has 0 spiro atoms. The highest BCUT2D eigenvalue weighted by Crippen LogP contribution is 2.39. The molecule has 4 aromatic rings. The van der Waals surface area contributed by atoms with Gasteiger partial charge in [0.1, 0.15) is 0 Å². The normalized spacial score (nSPS) is 12.2. The molecule has 5 rings (SSSR count). The topological polar surface area (TPSA) is 58.2 Å². The largest absolute Gasteiger partial charge is 0.355 e. The Morgan fingerprint density at radius 1 is 0.531 bits per heavy atom. The first-order valence-electron chi connectivity index (χ1n) is 9.99. The Hall–Kier alpha value is -3.48. The molecule has 32 heavy (non-hydrogen) atoms. The maximum Gasteiger partial charge on any atom is 0.196 e. The lowest BCUT2D eigenvalue weighted by atomic mass is 9.82. The first-order chi connectivity index (χ1) is 15.5. The Kier molecular flexibility index (Phi) is 5.25. The van der Waals surface area contributed by atoms with Crippen LogP contribution >= 0.6 is 25.3 Å². The smallest absolute Gasteiger partial charge is 0.196 e. The molecular formula is C26H18N2O2S2. The second-order valence-electron chi connectivity index (χ2n) is 7.47. The fraction of sp³-hybridized carbons (Fsp3) is 0. The molecule has 0 bridgehead atoms. The van der Waals surface area contributed by atoms with Crippen molar-refractivity contribution in [1.29, 1.82) is 0 Å². The van der Waals surface area contributed by atoms with Crippen molar-refractivity contribution in [2.75, 3.05) is 10.6 Å². The van der Waals surface area contributed by atoms with E-state index >= 15 is 0 Å². The summed E-state index contributed by atoms with van der Waals surface area (Å²) in [6.45, 7) is 0. The molecule has 0 aromatic heterocycles. The van der Waals surface area contributed by atoms with Gasteiger partial charge in [-0.1, -0.05) is 36.4 Å². The molecule has 1 aliphatic rings. The van der Waals surface area contributed by atoms with Crippen LogP contribution in [0.15, 0.2) is 94.7 Å². The van der Waals surface area contributed by atoms with E-state index in [4.69, 9.17) is 0 Å². The predicted octanol–water partition coefficient (Wildman–Crippen LogP) is 6.53. The summed E-state index contributed by atoms with van der Waals surface area (Å²) in [6.07, 6.45) is 0. The van der Waals surface area contributed by atoms with Gasteiger partial charge >= 0.3 is 0 Å². The van der Waals surface area contributed by atoms with Gasteiger partial charge in [0, 0.05) is 32.3 Å². The standard InChI is InChI=1S/C26H18N2O2S2/c29-25-20-12-18(32)14-22(28-16-9-5-2-6-10-16)24(20)26(30)19-11-17(31)13-21(23(19)25)27-15-7-3-1-4-8-15/h1-14,27-28,31-32H. The zero-order chi connectivity index (χ0) is 22.2. The van der Waals surface area contributed by atoms with Crippen LogP contribution in [0.3, 0.4) is 0 Å². The molecule has 0 saturated carbocycles. The van der Waals surface area contributed by atoms with Crippen molar-refractivity contribution in [2.45, 2.75) is 9.79 Å². The lowest BCUT2D eigenvalue weighted by Gasteiger charge is -2.24. The van der Waals surface area contributed by atoms with Gasteiger partial charge in [-0.25, -0.2) is 0 Å². The monoisotopic (exact) mass is 454 g/mol. The third kappa shape index (κ3) is 3.68. The molecule has 0 unspecified atom stereocenters. The average molecular weight is 455 g/mol. The molecule has 0 radical (unpaired) electrons. The van der Waals surface area contributed by atoms with Crippen LogP contribution in [0.4, 0.5) is 22.7 Å². The van der Waals surface area contributed by atoms with Gasteiger partial charge in [-0.3, -0.25) is 9.59 Å². The van der Waals surface area contributed by atoms with E-state index in [9.17, 15) is 9.59 Å². The van der Waals surface area contributed by atoms with Crippen molar-refractivity contribution in [3.8, 4) is 0 Å². The van der Waals surface area contributed by atoms with Gasteiger partial charge in [-0.05, 0) is 48.5 Å². The molecule has 0 amide bonds. The number of carbonyl (C=O) groups excluding carboxylic acids is 2. The fourth-order valence-electron chi connectivity index (χ4n) is 3.92. The third-order valence-corrected chi connectivity index (χ3v) is 5.81. The SMILES string of the molecule is O=C1c2cc(S)cc(Nc3ccccc3)c2C(=O)c2cc(S)cc(Nc3ccccc3)c21. The number of benzene rings is 4. The lowest BCUT2D eigenvalue weighted by molar-refractivity contribution is 0.0980. The summed E-state index contributed by atoms with van der Waals surface area (Å²) in [5.41, 5.74) is 4.06. The Bertz CT molecular complexity index is 1260. The average Bonchev–Trinajstić information content (AvgIpc) is 2.78. The molecular weight excluding hydrogens is 436 g/mol. The van der Waals surface area contributed by atoms with Crippen LogP contribution in [0, 0.1) is 0 Å². The third-order valence-electron chi connectivity index (χ3n) is 5.30. The van der Waals surface area contributed by atoms with Crippen LogP contribution in [0.1, 0.15) is 31.8 Å². The Morgan fingerprint density at radius 3 is 1.28 bits per heavy atom.